The first-order chi connectivity index (χ1) is 13.8. The maximum absolute atomic E-state index is 5.35. The van der Waals surface area contributed by atoms with Crippen molar-refractivity contribution in [2.75, 3.05) is 13.7 Å². The van der Waals surface area contributed by atoms with E-state index in [4.69, 9.17) is 4.74 Å². The largest absolute Gasteiger partial charge is 0.497 e. The lowest BCUT2D eigenvalue weighted by Crippen LogP contribution is -2.33. The van der Waals surface area contributed by atoms with E-state index < -0.39 is 0 Å². The summed E-state index contributed by atoms with van der Waals surface area (Å²) in [6, 6.07) is 23.6. The molecule has 1 N–H and O–H groups in total. The number of hydrogen-bond donors (Lipinski definition) is 1. The molecule has 142 valence electrons. The summed E-state index contributed by atoms with van der Waals surface area (Å²) in [6.07, 6.45) is 7.34. The molecule has 0 radical (unpaired) electrons. The monoisotopic (exact) mass is 370 g/mol. The van der Waals surface area contributed by atoms with Gasteiger partial charge in [0.1, 0.15) is 5.75 Å². The Hall–Kier alpha value is -2.91. The standard InChI is InChI=1S/C25H26N2O/c1-28-25-9-5-8-20(18-25)22-13-15-27-24(17-22)11-10-23-16-21(12-14-26-23)19-6-3-2-4-7-19/h2-9,12-13,15,17-18,23,26H,10-11,14,16H2,1H3. The van der Waals surface area contributed by atoms with Gasteiger partial charge in [0.05, 0.1) is 7.11 Å². The van der Waals surface area contributed by atoms with Crippen LogP contribution < -0.4 is 10.1 Å². The van der Waals surface area contributed by atoms with Gasteiger partial charge in [-0.2, -0.15) is 0 Å². The van der Waals surface area contributed by atoms with E-state index in [1.165, 1.54) is 16.7 Å². The minimum Gasteiger partial charge on any atom is -0.497 e. The molecular formula is C25H26N2O. The second kappa shape index (κ2) is 8.85. The lowest BCUT2D eigenvalue weighted by molar-refractivity contribution is 0.415. The maximum Gasteiger partial charge on any atom is 0.119 e. The number of methoxy groups -OCH3 is 1. The van der Waals surface area contributed by atoms with Crippen molar-refractivity contribution in [2.45, 2.75) is 25.3 Å². The molecule has 1 aliphatic rings. The van der Waals surface area contributed by atoms with Crippen LogP contribution in [0.25, 0.3) is 16.7 Å². The SMILES string of the molecule is COc1cccc(-c2ccnc(CCC3CC(c4ccccc4)=CCN3)c2)c1. The lowest BCUT2D eigenvalue weighted by Gasteiger charge is -2.24. The first-order valence-corrected chi connectivity index (χ1v) is 9.89. The molecule has 28 heavy (non-hydrogen) atoms. The Balaban J connectivity index is 1.41. The van der Waals surface area contributed by atoms with Gasteiger partial charge in [-0.3, -0.25) is 4.98 Å². The molecule has 3 heteroatoms. The van der Waals surface area contributed by atoms with Crippen molar-refractivity contribution in [1.82, 2.24) is 10.3 Å². The lowest BCUT2D eigenvalue weighted by atomic mass is 9.92. The van der Waals surface area contributed by atoms with Crippen molar-refractivity contribution in [2.24, 2.45) is 0 Å². The quantitative estimate of drug-likeness (QED) is 0.653. The van der Waals surface area contributed by atoms with Crippen molar-refractivity contribution in [3.8, 4) is 16.9 Å². The van der Waals surface area contributed by atoms with Crippen LogP contribution in [0.3, 0.4) is 0 Å². The Morgan fingerprint density at radius 2 is 1.79 bits per heavy atom. The third-order valence-corrected chi connectivity index (χ3v) is 5.33. The minimum absolute atomic E-state index is 0.488. The van der Waals surface area contributed by atoms with Gasteiger partial charge < -0.3 is 10.1 Å². The summed E-state index contributed by atoms with van der Waals surface area (Å²) in [5.74, 6) is 0.877. The fourth-order valence-corrected chi connectivity index (χ4v) is 3.78. The van der Waals surface area contributed by atoms with Gasteiger partial charge in [-0.1, -0.05) is 48.5 Å². The van der Waals surface area contributed by atoms with Crippen LogP contribution in [0.15, 0.2) is 79.0 Å². The van der Waals surface area contributed by atoms with Crippen LogP contribution in [-0.2, 0) is 6.42 Å². The first-order valence-electron chi connectivity index (χ1n) is 9.89. The molecule has 0 saturated carbocycles. The van der Waals surface area contributed by atoms with Crippen LogP contribution in [0.4, 0.5) is 0 Å². The van der Waals surface area contributed by atoms with Gasteiger partial charge in [-0.15, -0.1) is 0 Å². The molecule has 0 bridgehead atoms. The van der Waals surface area contributed by atoms with Gasteiger partial charge in [-0.05, 0) is 65.8 Å². The normalized spacial score (nSPS) is 16.5. The van der Waals surface area contributed by atoms with Crippen molar-refractivity contribution < 1.29 is 4.74 Å². The fourth-order valence-electron chi connectivity index (χ4n) is 3.78. The molecule has 0 spiro atoms. The molecule has 1 unspecified atom stereocenters. The summed E-state index contributed by atoms with van der Waals surface area (Å²) in [5.41, 5.74) is 6.27. The Labute approximate surface area is 167 Å². The van der Waals surface area contributed by atoms with Crippen LogP contribution >= 0.6 is 0 Å². The van der Waals surface area contributed by atoms with Crippen molar-refractivity contribution in [3.63, 3.8) is 0 Å². The Morgan fingerprint density at radius 3 is 2.64 bits per heavy atom. The molecular weight excluding hydrogens is 344 g/mol. The maximum atomic E-state index is 5.35. The highest BCUT2D eigenvalue weighted by Gasteiger charge is 2.16. The summed E-state index contributed by atoms with van der Waals surface area (Å²) < 4.78 is 5.35. The average molecular weight is 370 g/mol. The van der Waals surface area contributed by atoms with Crippen LogP contribution in [0, 0.1) is 0 Å². The van der Waals surface area contributed by atoms with E-state index in [-0.39, 0.29) is 0 Å². The van der Waals surface area contributed by atoms with Crippen LogP contribution in [-0.4, -0.2) is 24.7 Å². The predicted octanol–water partition coefficient (Wildman–Crippen LogP) is 5.14. The van der Waals surface area contributed by atoms with E-state index in [1.54, 1.807) is 7.11 Å². The van der Waals surface area contributed by atoms with Gasteiger partial charge in [0.15, 0.2) is 0 Å². The smallest absolute Gasteiger partial charge is 0.119 e. The zero-order chi connectivity index (χ0) is 19.2. The number of aromatic nitrogens is 1. The van der Waals surface area contributed by atoms with Gasteiger partial charge >= 0.3 is 0 Å². The molecule has 2 aromatic carbocycles. The van der Waals surface area contributed by atoms with E-state index in [0.717, 1.165) is 42.8 Å². The Bertz CT molecular complexity index is 950. The van der Waals surface area contributed by atoms with Gasteiger partial charge in [-0.25, -0.2) is 0 Å². The topological polar surface area (TPSA) is 34.1 Å². The molecule has 0 fully saturated rings. The van der Waals surface area contributed by atoms with Crippen LogP contribution in [0.2, 0.25) is 0 Å². The number of ether oxygens (including phenoxy) is 1. The molecule has 4 rings (SSSR count). The van der Waals surface area contributed by atoms with E-state index in [0.29, 0.717) is 6.04 Å². The van der Waals surface area contributed by atoms with E-state index in [9.17, 15) is 0 Å². The Kier molecular flexibility index (Phi) is 5.83. The molecule has 1 aromatic heterocycles. The summed E-state index contributed by atoms with van der Waals surface area (Å²) in [4.78, 5) is 4.60. The molecule has 0 aliphatic carbocycles. The zero-order valence-electron chi connectivity index (χ0n) is 16.3. The number of pyridine rings is 1. The van der Waals surface area contributed by atoms with Crippen molar-refractivity contribution in [3.05, 3.63) is 90.3 Å². The summed E-state index contributed by atoms with van der Waals surface area (Å²) in [5, 5.41) is 3.63. The van der Waals surface area contributed by atoms with Crippen LogP contribution in [0.1, 0.15) is 24.1 Å². The summed E-state index contributed by atoms with van der Waals surface area (Å²) >= 11 is 0. The molecule has 3 nitrogen and oxygen atoms in total. The van der Waals surface area contributed by atoms with Crippen molar-refractivity contribution >= 4 is 5.57 Å². The minimum atomic E-state index is 0.488. The van der Waals surface area contributed by atoms with E-state index in [1.807, 2.05) is 18.3 Å². The second-order valence-electron chi connectivity index (χ2n) is 7.21. The predicted molar refractivity (Wildman–Crippen MR) is 115 cm³/mol. The Morgan fingerprint density at radius 1 is 0.964 bits per heavy atom. The van der Waals surface area contributed by atoms with E-state index >= 15 is 0 Å². The van der Waals surface area contributed by atoms with Gasteiger partial charge in [0, 0.05) is 24.5 Å². The molecule has 1 aliphatic heterocycles. The molecule has 0 saturated heterocycles. The third kappa shape index (κ3) is 4.49. The number of nitrogens with zero attached hydrogens (tertiary/aromatic N) is 1. The van der Waals surface area contributed by atoms with Crippen molar-refractivity contribution in [1.29, 1.82) is 0 Å². The second-order valence-corrected chi connectivity index (χ2v) is 7.21. The van der Waals surface area contributed by atoms with Gasteiger partial charge in [0.2, 0.25) is 0 Å². The number of rotatable bonds is 6. The first kappa shape index (κ1) is 18.5. The highest BCUT2D eigenvalue weighted by Crippen LogP contribution is 2.26. The summed E-state index contributed by atoms with van der Waals surface area (Å²) in [7, 11) is 1.70. The number of hydrogen-bond acceptors (Lipinski definition) is 3. The molecule has 1 atom stereocenters. The molecule has 0 amide bonds. The number of aryl methyl sites for hydroxylation is 1. The average Bonchev–Trinajstić information content (AvgIpc) is 2.79. The molecule has 2 heterocycles. The van der Waals surface area contributed by atoms with E-state index in [2.05, 4.69) is 71.0 Å². The van der Waals surface area contributed by atoms with Gasteiger partial charge in [0.25, 0.3) is 0 Å². The highest BCUT2D eigenvalue weighted by molar-refractivity contribution is 5.67. The number of nitrogens with one attached hydrogen (secondary N) is 1. The zero-order valence-corrected chi connectivity index (χ0v) is 16.3. The molecule has 3 aromatic rings. The summed E-state index contributed by atoms with van der Waals surface area (Å²) in [6.45, 7) is 0.937. The van der Waals surface area contributed by atoms with Crippen LogP contribution in [0.5, 0.6) is 5.75 Å². The number of benzene rings is 2. The highest BCUT2D eigenvalue weighted by atomic mass is 16.5. The third-order valence-electron chi connectivity index (χ3n) is 5.33. The fraction of sp³-hybridized carbons (Fsp3) is 0.240.